The first-order valence-electron chi connectivity index (χ1n) is 6.52. The Morgan fingerprint density at radius 1 is 1.41 bits per heavy atom. The number of amides is 1. The summed E-state index contributed by atoms with van der Waals surface area (Å²) < 4.78 is 14.0. The van der Waals surface area contributed by atoms with Crippen LogP contribution >= 0.6 is 0 Å². The minimum absolute atomic E-state index is 0.106. The Hall–Kier alpha value is -2.84. The number of likely N-dealkylation sites (tertiary alicyclic amines) is 1. The van der Waals surface area contributed by atoms with Gasteiger partial charge in [0.2, 0.25) is 5.91 Å². The van der Waals surface area contributed by atoms with E-state index in [1.165, 1.54) is 6.07 Å². The van der Waals surface area contributed by atoms with E-state index in [-0.39, 0.29) is 23.9 Å². The standard InChI is InChI=1S/C13H11FN4O4/c14-7-1-2-8-9(5-7)15-16-18(12(8)21)10-3-4-17(13(10)22)6-11(19)20/h1-2,5,10H,3-4,6H2,(H,19,20). The Balaban J connectivity index is 1.99. The Labute approximate surface area is 122 Å². The highest BCUT2D eigenvalue weighted by Crippen LogP contribution is 2.21. The molecule has 3 rings (SSSR count). The molecule has 1 atom stereocenters. The monoisotopic (exact) mass is 306 g/mol. The van der Waals surface area contributed by atoms with Crippen molar-refractivity contribution in [2.75, 3.05) is 13.1 Å². The second kappa shape index (κ2) is 5.17. The second-order valence-corrected chi connectivity index (χ2v) is 4.96. The summed E-state index contributed by atoms with van der Waals surface area (Å²) in [6, 6.07) is 2.62. The highest BCUT2D eigenvalue weighted by molar-refractivity contribution is 5.86. The second-order valence-electron chi connectivity index (χ2n) is 4.96. The Morgan fingerprint density at radius 3 is 2.91 bits per heavy atom. The van der Waals surface area contributed by atoms with E-state index in [4.69, 9.17) is 5.11 Å². The third-order valence-corrected chi connectivity index (χ3v) is 3.54. The Bertz CT molecular complexity index is 834. The largest absolute Gasteiger partial charge is 0.480 e. The molecule has 1 saturated heterocycles. The zero-order valence-corrected chi connectivity index (χ0v) is 11.3. The molecule has 0 spiro atoms. The lowest BCUT2D eigenvalue weighted by molar-refractivity contribution is -0.143. The number of rotatable bonds is 3. The van der Waals surface area contributed by atoms with Crippen LogP contribution in [0.1, 0.15) is 12.5 Å². The molecule has 1 N–H and O–H groups in total. The van der Waals surface area contributed by atoms with Gasteiger partial charge in [-0.2, -0.15) is 4.68 Å². The minimum Gasteiger partial charge on any atom is -0.480 e. The lowest BCUT2D eigenvalue weighted by atomic mass is 10.2. The fourth-order valence-corrected chi connectivity index (χ4v) is 2.50. The molecule has 8 nitrogen and oxygen atoms in total. The van der Waals surface area contributed by atoms with Gasteiger partial charge >= 0.3 is 5.97 Å². The maximum absolute atomic E-state index is 13.1. The van der Waals surface area contributed by atoms with Gasteiger partial charge in [-0.05, 0) is 18.6 Å². The van der Waals surface area contributed by atoms with Crippen molar-refractivity contribution in [3.8, 4) is 0 Å². The topological polar surface area (TPSA) is 105 Å². The number of carbonyl (C=O) groups is 2. The molecule has 1 fully saturated rings. The van der Waals surface area contributed by atoms with Crippen molar-refractivity contribution in [3.63, 3.8) is 0 Å². The lowest BCUT2D eigenvalue weighted by Crippen LogP contribution is -2.36. The molecule has 0 saturated carbocycles. The Morgan fingerprint density at radius 2 is 2.18 bits per heavy atom. The minimum atomic E-state index is -1.12. The molecule has 2 heterocycles. The summed E-state index contributed by atoms with van der Waals surface area (Å²) in [6.07, 6.45) is 0.271. The molecular formula is C13H11FN4O4. The van der Waals surface area contributed by atoms with E-state index in [1.807, 2.05) is 0 Å². The van der Waals surface area contributed by atoms with E-state index in [1.54, 1.807) is 0 Å². The number of aromatic nitrogens is 3. The SMILES string of the molecule is O=C(O)CN1CCC(n2nnc3cc(F)ccc3c2=O)C1=O. The van der Waals surface area contributed by atoms with Crippen LogP contribution in [0.5, 0.6) is 0 Å². The van der Waals surface area contributed by atoms with Gasteiger partial charge in [-0.15, -0.1) is 5.10 Å². The van der Waals surface area contributed by atoms with Crippen LogP contribution in [-0.2, 0) is 9.59 Å². The van der Waals surface area contributed by atoms with Crippen LogP contribution in [0.4, 0.5) is 4.39 Å². The van der Waals surface area contributed by atoms with Gasteiger partial charge in [-0.25, -0.2) is 4.39 Å². The fourth-order valence-electron chi connectivity index (χ4n) is 2.50. The van der Waals surface area contributed by atoms with Gasteiger partial charge in [0.05, 0.1) is 5.39 Å². The number of carboxylic acid groups (broad SMARTS) is 1. The number of hydrogen-bond acceptors (Lipinski definition) is 5. The van der Waals surface area contributed by atoms with Crippen molar-refractivity contribution in [2.45, 2.75) is 12.5 Å². The highest BCUT2D eigenvalue weighted by Gasteiger charge is 2.35. The van der Waals surface area contributed by atoms with E-state index in [0.29, 0.717) is 0 Å². The third-order valence-electron chi connectivity index (χ3n) is 3.54. The maximum atomic E-state index is 13.1. The highest BCUT2D eigenvalue weighted by atomic mass is 19.1. The molecule has 9 heteroatoms. The molecule has 1 aromatic carbocycles. The van der Waals surface area contributed by atoms with Crippen molar-refractivity contribution < 1.29 is 19.1 Å². The number of benzene rings is 1. The first kappa shape index (κ1) is 14.1. The first-order valence-corrected chi connectivity index (χ1v) is 6.52. The number of nitrogens with zero attached hydrogens (tertiary/aromatic N) is 4. The number of carboxylic acids is 1. The predicted molar refractivity (Wildman–Crippen MR) is 71.6 cm³/mol. The van der Waals surface area contributed by atoms with Crippen LogP contribution in [-0.4, -0.2) is 50.0 Å². The number of fused-ring (bicyclic) bond motifs is 1. The lowest BCUT2D eigenvalue weighted by Gasteiger charge is -2.14. The van der Waals surface area contributed by atoms with Crippen LogP contribution in [0, 0.1) is 5.82 Å². The molecule has 1 aromatic heterocycles. The smallest absolute Gasteiger partial charge is 0.323 e. The van der Waals surface area contributed by atoms with Crippen molar-refractivity contribution in [3.05, 3.63) is 34.4 Å². The van der Waals surface area contributed by atoms with Crippen LogP contribution in [0.15, 0.2) is 23.0 Å². The molecule has 1 amide bonds. The Kier molecular flexibility index (Phi) is 3.32. The summed E-state index contributed by atoms with van der Waals surface area (Å²) in [4.78, 5) is 36.4. The molecule has 22 heavy (non-hydrogen) atoms. The molecule has 2 aromatic rings. The molecule has 1 aliphatic rings. The number of hydrogen-bond donors (Lipinski definition) is 1. The summed E-state index contributed by atoms with van der Waals surface area (Å²) in [5.74, 6) is -2.15. The molecule has 0 bridgehead atoms. The van der Waals surface area contributed by atoms with Gasteiger partial charge < -0.3 is 10.0 Å². The quantitative estimate of drug-likeness (QED) is 0.841. The fraction of sp³-hybridized carbons (Fsp3) is 0.308. The first-order chi connectivity index (χ1) is 10.5. The number of carbonyl (C=O) groups excluding carboxylic acids is 1. The maximum Gasteiger partial charge on any atom is 0.323 e. The van der Waals surface area contributed by atoms with Gasteiger partial charge in [-0.1, -0.05) is 5.21 Å². The van der Waals surface area contributed by atoms with Gasteiger partial charge in [0.1, 0.15) is 23.9 Å². The van der Waals surface area contributed by atoms with Gasteiger partial charge in [0.25, 0.3) is 5.56 Å². The molecule has 0 aliphatic carbocycles. The van der Waals surface area contributed by atoms with Crippen LogP contribution in [0.3, 0.4) is 0 Å². The average molecular weight is 306 g/mol. The zero-order chi connectivity index (χ0) is 15.9. The van der Waals surface area contributed by atoms with Crippen LogP contribution < -0.4 is 5.56 Å². The zero-order valence-electron chi connectivity index (χ0n) is 11.3. The van der Waals surface area contributed by atoms with E-state index >= 15 is 0 Å². The summed E-state index contributed by atoms with van der Waals surface area (Å²) in [5, 5.41) is 16.3. The van der Waals surface area contributed by atoms with E-state index < -0.39 is 35.8 Å². The summed E-state index contributed by atoms with van der Waals surface area (Å²) in [6.45, 7) is -0.193. The number of aliphatic carboxylic acids is 1. The van der Waals surface area contributed by atoms with Crippen LogP contribution in [0.2, 0.25) is 0 Å². The van der Waals surface area contributed by atoms with Crippen LogP contribution in [0.25, 0.3) is 10.9 Å². The molecular weight excluding hydrogens is 295 g/mol. The van der Waals surface area contributed by atoms with Gasteiger partial charge in [0.15, 0.2) is 0 Å². The van der Waals surface area contributed by atoms with Crippen molar-refractivity contribution in [1.29, 1.82) is 0 Å². The summed E-state index contributed by atoms with van der Waals surface area (Å²) >= 11 is 0. The van der Waals surface area contributed by atoms with Gasteiger partial charge in [-0.3, -0.25) is 14.4 Å². The van der Waals surface area contributed by atoms with E-state index in [9.17, 15) is 18.8 Å². The number of halogens is 1. The summed E-state index contributed by atoms with van der Waals surface area (Å²) in [7, 11) is 0. The van der Waals surface area contributed by atoms with E-state index in [0.717, 1.165) is 21.7 Å². The molecule has 0 radical (unpaired) electrons. The molecule has 1 unspecified atom stereocenters. The van der Waals surface area contributed by atoms with Crippen molar-refractivity contribution in [1.82, 2.24) is 19.9 Å². The van der Waals surface area contributed by atoms with Crippen molar-refractivity contribution >= 4 is 22.8 Å². The van der Waals surface area contributed by atoms with E-state index in [2.05, 4.69) is 10.3 Å². The normalized spacial score (nSPS) is 18.1. The molecule has 114 valence electrons. The third kappa shape index (κ3) is 2.30. The molecule has 1 aliphatic heterocycles. The average Bonchev–Trinajstić information content (AvgIpc) is 2.80. The predicted octanol–water partition coefficient (Wildman–Crippen LogP) is -0.211. The van der Waals surface area contributed by atoms with Crippen molar-refractivity contribution in [2.24, 2.45) is 0 Å². The van der Waals surface area contributed by atoms with Gasteiger partial charge in [0, 0.05) is 12.6 Å². The summed E-state index contributed by atoms with van der Waals surface area (Å²) in [5.41, 5.74) is -0.449.